The number of ether oxygens (including phenoxy) is 1. The van der Waals surface area contributed by atoms with E-state index in [1.165, 1.54) is 0 Å². The highest BCUT2D eigenvalue weighted by Gasteiger charge is 2.11. The molecule has 0 bridgehead atoms. The number of rotatable bonds is 7. The van der Waals surface area contributed by atoms with Gasteiger partial charge in [0.25, 0.3) is 5.91 Å². The molecule has 1 aromatic carbocycles. The fraction of sp³-hybridized carbons (Fsp3) is 0.263. The Kier molecular flexibility index (Phi) is 5.42. The van der Waals surface area contributed by atoms with E-state index in [1.807, 2.05) is 54.2 Å². The van der Waals surface area contributed by atoms with Crippen LogP contribution in [0.2, 0.25) is 0 Å². The monoisotopic (exact) mass is 339 g/mol. The van der Waals surface area contributed by atoms with Crippen molar-refractivity contribution in [2.75, 3.05) is 19.8 Å². The zero-order valence-electron chi connectivity index (χ0n) is 14.1. The number of nitrogens with zero attached hydrogens (tertiary/aromatic N) is 2. The van der Waals surface area contributed by atoms with Crippen molar-refractivity contribution in [3.05, 3.63) is 60.4 Å². The number of benzene rings is 1. The summed E-state index contributed by atoms with van der Waals surface area (Å²) in [5.74, 6) is -0.220. The van der Waals surface area contributed by atoms with E-state index in [0.717, 1.165) is 16.6 Å². The summed E-state index contributed by atoms with van der Waals surface area (Å²) in [6, 6.07) is 13.2. The predicted molar refractivity (Wildman–Crippen MR) is 95.5 cm³/mol. The Morgan fingerprint density at radius 2 is 2.08 bits per heavy atom. The van der Waals surface area contributed by atoms with E-state index in [4.69, 9.17) is 4.74 Å². The summed E-state index contributed by atoms with van der Waals surface area (Å²) in [5.41, 5.74) is 3.57. The maximum Gasteiger partial charge on any atom is 0.251 e. The van der Waals surface area contributed by atoms with Gasteiger partial charge in [0.2, 0.25) is 0 Å². The molecule has 1 amide bonds. The second-order valence-electron chi connectivity index (χ2n) is 5.69. The number of carbonyl (C=O) groups is 1. The van der Waals surface area contributed by atoms with Gasteiger partial charge in [0.1, 0.15) is 0 Å². The lowest BCUT2D eigenvalue weighted by Crippen LogP contribution is -2.34. The highest BCUT2D eigenvalue weighted by Crippen LogP contribution is 2.24. The second kappa shape index (κ2) is 7.92. The van der Waals surface area contributed by atoms with Gasteiger partial charge in [-0.25, -0.2) is 4.52 Å². The number of fused-ring (bicyclic) bond motifs is 1. The number of hydrogen-bond donors (Lipinski definition) is 2. The molecule has 0 unspecified atom stereocenters. The van der Waals surface area contributed by atoms with Gasteiger partial charge in [-0.15, -0.1) is 0 Å². The lowest BCUT2D eigenvalue weighted by molar-refractivity contribution is 0.0418. The van der Waals surface area contributed by atoms with E-state index in [0.29, 0.717) is 12.2 Å². The van der Waals surface area contributed by atoms with Crippen molar-refractivity contribution in [3.8, 4) is 11.1 Å². The SMILES string of the molecule is CCOC[C@@H](O)CNC(=O)c1ccc(-c2cnn3ccccc23)cc1. The van der Waals surface area contributed by atoms with Gasteiger partial charge >= 0.3 is 0 Å². The van der Waals surface area contributed by atoms with E-state index in [-0.39, 0.29) is 19.1 Å². The van der Waals surface area contributed by atoms with Gasteiger partial charge in [-0.05, 0) is 36.8 Å². The van der Waals surface area contributed by atoms with E-state index in [1.54, 1.807) is 12.1 Å². The van der Waals surface area contributed by atoms with Crippen LogP contribution >= 0.6 is 0 Å². The summed E-state index contributed by atoms with van der Waals surface area (Å²) in [6.45, 7) is 2.77. The Bertz CT molecular complexity index is 843. The van der Waals surface area contributed by atoms with E-state index >= 15 is 0 Å². The largest absolute Gasteiger partial charge is 0.389 e. The predicted octanol–water partition coefficient (Wildman–Crippen LogP) is 2.13. The highest BCUT2D eigenvalue weighted by atomic mass is 16.5. The molecular weight excluding hydrogens is 318 g/mol. The van der Waals surface area contributed by atoms with E-state index in [9.17, 15) is 9.90 Å². The van der Waals surface area contributed by atoms with Gasteiger partial charge in [-0.3, -0.25) is 4.79 Å². The number of hydrogen-bond acceptors (Lipinski definition) is 4. The van der Waals surface area contributed by atoms with Crippen LogP contribution in [-0.4, -0.2) is 46.5 Å². The standard InChI is InChI=1S/C19H21N3O3/c1-2-25-13-16(23)11-20-19(24)15-8-6-14(7-9-15)17-12-21-22-10-4-3-5-18(17)22/h3-10,12,16,23H,2,11,13H2,1H3,(H,20,24)/t16-/m0/s1. The summed E-state index contributed by atoms with van der Waals surface area (Å²) < 4.78 is 6.93. The van der Waals surface area contributed by atoms with Crippen molar-refractivity contribution in [1.82, 2.24) is 14.9 Å². The van der Waals surface area contributed by atoms with Crippen molar-refractivity contribution in [1.29, 1.82) is 0 Å². The molecule has 0 radical (unpaired) electrons. The van der Waals surface area contributed by atoms with Crippen molar-refractivity contribution in [3.63, 3.8) is 0 Å². The van der Waals surface area contributed by atoms with Crippen LogP contribution in [0.25, 0.3) is 16.6 Å². The maximum atomic E-state index is 12.2. The molecule has 0 saturated heterocycles. The van der Waals surface area contributed by atoms with Crippen LogP contribution < -0.4 is 5.32 Å². The molecule has 0 saturated carbocycles. The smallest absolute Gasteiger partial charge is 0.251 e. The molecule has 1 atom stereocenters. The molecule has 0 aliphatic rings. The van der Waals surface area contributed by atoms with Gasteiger partial charge in [-0.2, -0.15) is 5.10 Å². The first-order valence-corrected chi connectivity index (χ1v) is 8.26. The second-order valence-corrected chi connectivity index (χ2v) is 5.69. The number of pyridine rings is 1. The molecule has 3 aromatic rings. The zero-order chi connectivity index (χ0) is 17.6. The number of aliphatic hydroxyl groups excluding tert-OH is 1. The Hall–Kier alpha value is -2.70. The van der Waals surface area contributed by atoms with Crippen LogP contribution in [0.3, 0.4) is 0 Å². The number of carbonyl (C=O) groups excluding carboxylic acids is 1. The van der Waals surface area contributed by atoms with Crippen molar-refractivity contribution in [2.45, 2.75) is 13.0 Å². The van der Waals surface area contributed by atoms with Crippen LogP contribution in [0.15, 0.2) is 54.9 Å². The van der Waals surface area contributed by atoms with Crippen LogP contribution in [0.5, 0.6) is 0 Å². The lowest BCUT2D eigenvalue weighted by Gasteiger charge is -2.11. The summed E-state index contributed by atoms with van der Waals surface area (Å²) in [5, 5.41) is 16.7. The molecule has 130 valence electrons. The molecule has 3 rings (SSSR count). The zero-order valence-corrected chi connectivity index (χ0v) is 14.1. The first kappa shape index (κ1) is 17.1. The van der Waals surface area contributed by atoms with Crippen LogP contribution in [0.4, 0.5) is 0 Å². The fourth-order valence-corrected chi connectivity index (χ4v) is 2.58. The Balaban J connectivity index is 1.67. The maximum absolute atomic E-state index is 12.2. The average molecular weight is 339 g/mol. The minimum absolute atomic E-state index is 0.161. The summed E-state index contributed by atoms with van der Waals surface area (Å²) >= 11 is 0. The third-order valence-electron chi connectivity index (χ3n) is 3.90. The van der Waals surface area contributed by atoms with E-state index in [2.05, 4.69) is 10.4 Å². The molecular formula is C19H21N3O3. The molecule has 2 heterocycles. The minimum atomic E-state index is -0.707. The molecule has 6 nitrogen and oxygen atoms in total. The third-order valence-corrected chi connectivity index (χ3v) is 3.90. The first-order valence-electron chi connectivity index (χ1n) is 8.26. The minimum Gasteiger partial charge on any atom is -0.389 e. The summed E-state index contributed by atoms with van der Waals surface area (Å²) in [4.78, 5) is 12.2. The Morgan fingerprint density at radius 3 is 2.84 bits per heavy atom. The molecule has 25 heavy (non-hydrogen) atoms. The van der Waals surface area contributed by atoms with Gasteiger partial charge < -0.3 is 15.2 Å². The van der Waals surface area contributed by atoms with Crippen molar-refractivity contribution >= 4 is 11.4 Å². The third kappa shape index (κ3) is 4.04. The number of aliphatic hydroxyl groups is 1. The Labute approximate surface area is 146 Å². The van der Waals surface area contributed by atoms with Crippen molar-refractivity contribution in [2.24, 2.45) is 0 Å². The molecule has 0 aliphatic heterocycles. The van der Waals surface area contributed by atoms with Crippen LogP contribution in [-0.2, 0) is 4.74 Å². The topological polar surface area (TPSA) is 75.9 Å². The molecule has 0 aliphatic carbocycles. The van der Waals surface area contributed by atoms with Gasteiger partial charge in [0, 0.05) is 30.5 Å². The number of amides is 1. The highest BCUT2D eigenvalue weighted by molar-refractivity contribution is 5.95. The average Bonchev–Trinajstić information content (AvgIpc) is 3.08. The van der Waals surface area contributed by atoms with Gasteiger partial charge in [0.15, 0.2) is 0 Å². The Morgan fingerprint density at radius 1 is 1.28 bits per heavy atom. The number of aromatic nitrogens is 2. The number of nitrogens with one attached hydrogen (secondary N) is 1. The molecule has 2 N–H and O–H groups in total. The quantitative estimate of drug-likeness (QED) is 0.691. The van der Waals surface area contributed by atoms with Crippen LogP contribution in [0, 0.1) is 0 Å². The van der Waals surface area contributed by atoms with Crippen LogP contribution in [0.1, 0.15) is 17.3 Å². The van der Waals surface area contributed by atoms with Gasteiger partial charge in [-0.1, -0.05) is 18.2 Å². The fourth-order valence-electron chi connectivity index (χ4n) is 2.58. The normalized spacial score (nSPS) is 12.2. The molecule has 0 spiro atoms. The summed E-state index contributed by atoms with van der Waals surface area (Å²) in [7, 11) is 0. The first-order chi connectivity index (χ1) is 12.2. The lowest BCUT2D eigenvalue weighted by atomic mass is 10.0. The summed E-state index contributed by atoms with van der Waals surface area (Å²) in [6.07, 6.45) is 3.00. The van der Waals surface area contributed by atoms with Crippen molar-refractivity contribution < 1.29 is 14.6 Å². The van der Waals surface area contributed by atoms with E-state index < -0.39 is 6.10 Å². The molecule has 0 fully saturated rings. The molecule has 2 aromatic heterocycles. The molecule has 6 heteroatoms. The van der Waals surface area contributed by atoms with Gasteiger partial charge in [0.05, 0.1) is 24.4 Å².